The van der Waals surface area contributed by atoms with Gasteiger partial charge in [0.05, 0.1) is 30.6 Å². The third kappa shape index (κ3) is 3.19. The number of nitrogens with zero attached hydrogens (tertiary/aromatic N) is 5. The molecule has 0 amide bonds. The summed E-state index contributed by atoms with van der Waals surface area (Å²) in [5.41, 5.74) is 2.51. The fourth-order valence-electron chi connectivity index (χ4n) is 3.57. The maximum Gasteiger partial charge on any atom is 0.0932 e. The molecule has 4 heterocycles. The van der Waals surface area contributed by atoms with Crippen LogP contribution >= 0.6 is 11.3 Å². The number of likely N-dealkylation sites (tertiary alicyclic amines) is 1. The molecule has 0 unspecified atom stereocenters. The Kier molecular flexibility index (Phi) is 4.19. The van der Waals surface area contributed by atoms with Gasteiger partial charge in [-0.3, -0.25) is 4.90 Å². The van der Waals surface area contributed by atoms with Crippen molar-refractivity contribution in [1.82, 2.24) is 24.8 Å². The number of fused-ring (bicyclic) bond motifs is 3. The normalized spacial score (nSPS) is 24.7. The van der Waals surface area contributed by atoms with Crippen molar-refractivity contribution in [2.75, 3.05) is 27.2 Å². The third-order valence-electron chi connectivity index (χ3n) is 4.60. The number of aromatic nitrogens is 3. The topological polar surface area (TPSA) is 46.4 Å². The molecule has 2 aromatic heterocycles. The highest BCUT2D eigenvalue weighted by Gasteiger charge is 2.36. The van der Waals surface area contributed by atoms with E-state index in [-0.39, 0.29) is 6.10 Å². The van der Waals surface area contributed by atoms with Crippen molar-refractivity contribution < 1.29 is 4.74 Å². The molecule has 4 rings (SSSR count). The first-order valence-electron chi connectivity index (χ1n) is 8.13. The van der Waals surface area contributed by atoms with Crippen LogP contribution in [0.3, 0.4) is 0 Å². The van der Waals surface area contributed by atoms with Gasteiger partial charge in [-0.2, -0.15) is 0 Å². The van der Waals surface area contributed by atoms with E-state index in [1.807, 2.05) is 17.5 Å². The Morgan fingerprint density at radius 2 is 2.35 bits per heavy atom. The number of hydrogen-bond donors (Lipinski definition) is 0. The maximum atomic E-state index is 6.05. The van der Waals surface area contributed by atoms with Crippen LogP contribution in [0.2, 0.25) is 0 Å². The summed E-state index contributed by atoms with van der Waals surface area (Å²) in [5, 5.41) is 10.6. The Morgan fingerprint density at radius 3 is 3.22 bits per heavy atom. The highest BCUT2D eigenvalue weighted by molar-refractivity contribution is 7.10. The van der Waals surface area contributed by atoms with Crippen LogP contribution in [0.1, 0.15) is 28.6 Å². The van der Waals surface area contributed by atoms with Gasteiger partial charge in [0.1, 0.15) is 0 Å². The molecule has 6 nitrogen and oxygen atoms in total. The fraction of sp³-hybridized carbons (Fsp3) is 0.625. The van der Waals surface area contributed by atoms with Crippen molar-refractivity contribution in [3.05, 3.63) is 33.8 Å². The summed E-state index contributed by atoms with van der Waals surface area (Å²) in [7, 11) is 4.22. The average Bonchev–Trinajstić information content (AvgIpc) is 3.15. The lowest BCUT2D eigenvalue weighted by Gasteiger charge is -2.40. The Morgan fingerprint density at radius 1 is 1.43 bits per heavy atom. The lowest BCUT2D eigenvalue weighted by atomic mass is 10.00. The lowest BCUT2D eigenvalue weighted by molar-refractivity contribution is -0.0702. The van der Waals surface area contributed by atoms with Gasteiger partial charge < -0.3 is 9.64 Å². The predicted molar refractivity (Wildman–Crippen MR) is 89.2 cm³/mol. The second kappa shape index (κ2) is 6.32. The summed E-state index contributed by atoms with van der Waals surface area (Å²) < 4.78 is 8.12. The summed E-state index contributed by atoms with van der Waals surface area (Å²) in [4.78, 5) is 6.16. The zero-order chi connectivity index (χ0) is 15.8. The van der Waals surface area contributed by atoms with Crippen LogP contribution in [0.5, 0.6) is 0 Å². The van der Waals surface area contributed by atoms with Gasteiger partial charge in [0.2, 0.25) is 0 Å². The molecule has 124 valence electrons. The second-order valence-electron chi connectivity index (χ2n) is 6.77. The van der Waals surface area contributed by atoms with Crippen molar-refractivity contribution in [3.63, 3.8) is 0 Å². The molecule has 23 heavy (non-hydrogen) atoms. The van der Waals surface area contributed by atoms with Crippen LogP contribution in [0.15, 0.2) is 17.6 Å². The zero-order valence-electron chi connectivity index (χ0n) is 13.7. The van der Waals surface area contributed by atoms with Crippen LogP contribution in [0.4, 0.5) is 0 Å². The van der Waals surface area contributed by atoms with Crippen LogP contribution < -0.4 is 0 Å². The Balaban J connectivity index is 1.39. The second-order valence-corrected chi connectivity index (χ2v) is 7.77. The smallest absolute Gasteiger partial charge is 0.0932 e. The van der Waals surface area contributed by atoms with E-state index in [9.17, 15) is 0 Å². The van der Waals surface area contributed by atoms with Crippen molar-refractivity contribution in [2.24, 2.45) is 0 Å². The molecule has 0 radical (unpaired) electrons. The van der Waals surface area contributed by atoms with E-state index in [0.717, 1.165) is 38.3 Å². The van der Waals surface area contributed by atoms with Crippen molar-refractivity contribution in [1.29, 1.82) is 0 Å². The largest absolute Gasteiger partial charge is 0.368 e. The summed E-state index contributed by atoms with van der Waals surface area (Å²) in [6.45, 7) is 4.73. The minimum atomic E-state index is 0.235. The van der Waals surface area contributed by atoms with Crippen molar-refractivity contribution >= 4 is 11.3 Å². The summed E-state index contributed by atoms with van der Waals surface area (Å²) in [5.74, 6) is 0. The number of ether oxygens (including phenoxy) is 1. The first-order valence-corrected chi connectivity index (χ1v) is 9.01. The molecular weight excluding hydrogens is 310 g/mol. The molecule has 0 N–H and O–H groups in total. The Bertz CT molecular complexity index is 667. The van der Waals surface area contributed by atoms with E-state index in [4.69, 9.17) is 4.74 Å². The van der Waals surface area contributed by atoms with Gasteiger partial charge >= 0.3 is 0 Å². The van der Waals surface area contributed by atoms with Crippen molar-refractivity contribution in [3.8, 4) is 0 Å². The van der Waals surface area contributed by atoms with Gasteiger partial charge in [-0.1, -0.05) is 5.21 Å². The molecule has 0 aromatic carbocycles. The van der Waals surface area contributed by atoms with E-state index in [1.165, 1.54) is 10.4 Å². The molecular formula is C16H23N5OS. The van der Waals surface area contributed by atoms with Gasteiger partial charge in [0.25, 0.3) is 0 Å². The highest BCUT2D eigenvalue weighted by atomic mass is 32.1. The number of hydrogen-bond acceptors (Lipinski definition) is 6. The van der Waals surface area contributed by atoms with Gasteiger partial charge in [0, 0.05) is 31.1 Å². The highest BCUT2D eigenvalue weighted by Crippen LogP contribution is 2.31. The number of piperidine rings is 1. The molecule has 0 aliphatic carbocycles. The van der Waals surface area contributed by atoms with E-state index >= 15 is 0 Å². The number of rotatable bonds is 4. The van der Waals surface area contributed by atoms with E-state index in [1.54, 1.807) is 0 Å². The summed E-state index contributed by atoms with van der Waals surface area (Å²) >= 11 is 1.87. The van der Waals surface area contributed by atoms with Gasteiger partial charge in [-0.05, 0) is 37.5 Å². The van der Waals surface area contributed by atoms with Gasteiger partial charge in [-0.15, -0.1) is 16.4 Å². The monoisotopic (exact) mass is 333 g/mol. The minimum absolute atomic E-state index is 0.235. The van der Waals surface area contributed by atoms with Gasteiger partial charge in [-0.25, -0.2) is 4.68 Å². The SMILES string of the molecule is CN(C)Cc1csc(CN2CC[C@H]3[C@H](C2)OCc2cnnn23)c1. The van der Waals surface area contributed by atoms with Crippen LogP contribution in [-0.4, -0.2) is 58.1 Å². The molecule has 2 atom stereocenters. The fourth-order valence-corrected chi connectivity index (χ4v) is 4.49. The molecule has 7 heteroatoms. The van der Waals surface area contributed by atoms with Crippen LogP contribution in [0.25, 0.3) is 0 Å². The third-order valence-corrected chi connectivity index (χ3v) is 5.57. The molecule has 0 bridgehead atoms. The first-order chi connectivity index (χ1) is 11.2. The molecule has 1 saturated heterocycles. The molecule has 0 spiro atoms. The minimum Gasteiger partial charge on any atom is -0.368 e. The quantitative estimate of drug-likeness (QED) is 0.853. The Hall–Kier alpha value is -1.28. The van der Waals surface area contributed by atoms with Gasteiger partial charge in [0.15, 0.2) is 0 Å². The predicted octanol–water partition coefficient (Wildman–Crippen LogP) is 1.75. The summed E-state index contributed by atoms with van der Waals surface area (Å²) in [6.07, 6.45) is 3.14. The van der Waals surface area contributed by atoms with E-state index in [0.29, 0.717) is 12.6 Å². The van der Waals surface area contributed by atoms with Crippen LogP contribution in [-0.2, 0) is 24.4 Å². The lowest BCUT2D eigenvalue weighted by Crippen LogP contribution is -2.48. The summed E-state index contributed by atoms with van der Waals surface area (Å²) in [6, 6.07) is 2.69. The molecule has 2 aliphatic rings. The van der Waals surface area contributed by atoms with E-state index < -0.39 is 0 Å². The molecule has 2 aliphatic heterocycles. The molecule has 0 saturated carbocycles. The van der Waals surface area contributed by atoms with Crippen molar-refractivity contribution in [2.45, 2.75) is 38.3 Å². The molecule has 2 aromatic rings. The maximum absolute atomic E-state index is 6.05. The molecule has 1 fully saturated rings. The van der Waals surface area contributed by atoms with Crippen LogP contribution in [0, 0.1) is 0 Å². The Labute approximate surface area is 140 Å². The standard InChI is InChI=1S/C16H23N5OS/c1-19(2)7-12-5-14(23-11-12)8-20-4-3-15-16(9-20)22-10-13-6-17-18-21(13)15/h5-6,11,15-16H,3-4,7-10H2,1-2H3/t15-,16-/m0/s1. The zero-order valence-corrected chi connectivity index (χ0v) is 14.5. The number of thiophene rings is 1. The first kappa shape index (κ1) is 15.3. The van der Waals surface area contributed by atoms with E-state index in [2.05, 4.69) is 50.3 Å². The average molecular weight is 333 g/mol.